The van der Waals surface area contributed by atoms with Gasteiger partial charge < -0.3 is 19.9 Å². The van der Waals surface area contributed by atoms with Crippen molar-refractivity contribution in [3.63, 3.8) is 0 Å². The quantitative estimate of drug-likeness (QED) is 0.339. The molecule has 208 valence electrons. The summed E-state index contributed by atoms with van der Waals surface area (Å²) in [7, 11) is 0. The third-order valence-corrected chi connectivity index (χ3v) is 7.54. The topological polar surface area (TPSA) is 92.6 Å². The first-order valence-electron chi connectivity index (χ1n) is 13.4. The summed E-state index contributed by atoms with van der Waals surface area (Å²) in [5.41, 5.74) is 2.61. The summed E-state index contributed by atoms with van der Waals surface area (Å²) in [6, 6.07) is 21.0. The average Bonchev–Trinajstić information content (AvgIpc) is 3.39. The van der Waals surface area contributed by atoms with Gasteiger partial charge in [-0.25, -0.2) is 9.07 Å². The average molecular weight is 545 g/mol. The number of halogens is 1. The van der Waals surface area contributed by atoms with Crippen LogP contribution in [0, 0.1) is 5.82 Å². The number of hydrogen-bond acceptors (Lipinski definition) is 6. The standard InChI is InChI=1S/C30H33FN6O3/c1-3-30(2,29(39)32-24-12-14-25(15-13-24)35-16-18-40-19-17-35)36(20-22-8-10-23(31)11-9-22)28(38)21-37-27-7-5-4-6-26(27)33-34-37/h4-15H,3,16-21H2,1-2H3,(H,32,39). The molecule has 0 radical (unpaired) electrons. The summed E-state index contributed by atoms with van der Waals surface area (Å²) in [6.45, 7) is 6.67. The van der Waals surface area contributed by atoms with Gasteiger partial charge in [-0.1, -0.05) is 36.4 Å². The van der Waals surface area contributed by atoms with Crippen LogP contribution < -0.4 is 10.2 Å². The first-order chi connectivity index (χ1) is 19.4. The monoisotopic (exact) mass is 544 g/mol. The summed E-state index contributed by atoms with van der Waals surface area (Å²) < 4.78 is 20.6. The fraction of sp³-hybridized carbons (Fsp3) is 0.333. The predicted molar refractivity (Wildman–Crippen MR) is 151 cm³/mol. The highest BCUT2D eigenvalue weighted by Gasteiger charge is 2.41. The zero-order valence-electron chi connectivity index (χ0n) is 22.7. The van der Waals surface area contributed by atoms with E-state index in [0.29, 0.717) is 36.4 Å². The van der Waals surface area contributed by atoms with Crippen LogP contribution in [0.2, 0.25) is 0 Å². The molecule has 0 aliphatic carbocycles. The molecule has 5 rings (SSSR count). The van der Waals surface area contributed by atoms with E-state index in [1.54, 1.807) is 24.0 Å². The number of nitrogens with zero attached hydrogens (tertiary/aromatic N) is 5. The number of nitrogens with one attached hydrogen (secondary N) is 1. The van der Waals surface area contributed by atoms with E-state index in [0.717, 1.165) is 24.3 Å². The number of carbonyl (C=O) groups excluding carboxylic acids is 2. The first kappa shape index (κ1) is 27.3. The normalized spacial score (nSPS) is 15.0. The van der Waals surface area contributed by atoms with Crippen LogP contribution in [-0.2, 0) is 27.4 Å². The molecule has 1 aliphatic rings. The fourth-order valence-corrected chi connectivity index (χ4v) is 4.87. The molecule has 0 saturated carbocycles. The minimum absolute atomic E-state index is 0.0984. The molecule has 1 N–H and O–H groups in total. The SMILES string of the molecule is CCC(C)(C(=O)Nc1ccc(N2CCOCC2)cc1)N(Cc1ccc(F)cc1)C(=O)Cn1nnc2ccccc21. The van der Waals surface area contributed by atoms with Gasteiger partial charge in [0.25, 0.3) is 0 Å². The second-order valence-corrected chi connectivity index (χ2v) is 10.1. The molecule has 1 aliphatic heterocycles. The summed E-state index contributed by atoms with van der Waals surface area (Å²) >= 11 is 0. The Kier molecular flexibility index (Phi) is 8.06. The highest BCUT2D eigenvalue weighted by Crippen LogP contribution is 2.27. The predicted octanol–water partition coefficient (Wildman–Crippen LogP) is 4.24. The first-order valence-corrected chi connectivity index (χ1v) is 13.4. The lowest BCUT2D eigenvalue weighted by Crippen LogP contribution is -2.57. The third-order valence-electron chi connectivity index (χ3n) is 7.54. The van der Waals surface area contributed by atoms with E-state index in [-0.39, 0.29) is 30.7 Å². The Morgan fingerprint density at radius 2 is 1.73 bits per heavy atom. The van der Waals surface area contributed by atoms with Crippen molar-refractivity contribution in [2.75, 3.05) is 36.5 Å². The number of morpholine rings is 1. The second kappa shape index (κ2) is 11.8. The molecule has 0 spiro atoms. The zero-order valence-corrected chi connectivity index (χ0v) is 22.7. The number of aromatic nitrogens is 3. The van der Waals surface area contributed by atoms with Crippen LogP contribution in [0.3, 0.4) is 0 Å². The van der Waals surface area contributed by atoms with Crippen LogP contribution in [0.1, 0.15) is 25.8 Å². The number of amides is 2. The van der Waals surface area contributed by atoms with Gasteiger partial charge in [0, 0.05) is 31.0 Å². The molecular formula is C30H33FN6O3. The Hall–Kier alpha value is -4.31. The lowest BCUT2D eigenvalue weighted by Gasteiger charge is -2.39. The molecule has 1 fully saturated rings. The van der Waals surface area contributed by atoms with Crippen LogP contribution in [-0.4, -0.2) is 63.6 Å². The molecule has 1 saturated heterocycles. The third kappa shape index (κ3) is 5.81. The molecular weight excluding hydrogens is 511 g/mol. The molecule has 2 amide bonds. The Morgan fingerprint density at radius 1 is 1.02 bits per heavy atom. The van der Waals surface area contributed by atoms with E-state index in [1.807, 2.05) is 55.5 Å². The maximum absolute atomic E-state index is 13.9. The van der Waals surface area contributed by atoms with Crippen molar-refractivity contribution >= 4 is 34.2 Å². The number of carbonyl (C=O) groups is 2. The highest BCUT2D eigenvalue weighted by molar-refractivity contribution is 6.00. The number of fused-ring (bicyclic) bond motifs is 1. The molecule has 0 bridgehead atoms. The lowest BCUT2D eigenvalue weighted by atomic mass is 9.93. The summed E-state index contributed by atoms with van der Waals surface area (Å²) in [5.74, 6) is -0.984. The van der Waals surface area contributed by atoms with Crippen molar-refractivity contribution in [1.29, 1.82) is 0 Å². The maximum Gasteiger partial charge on any atom is 0.250 e. The van der Waals surface area contributed by atoms with Gasteiger partial charge in [0.1, 0.15) is 23.4 Å². The molecule has 3 aromatic carbocycles. The van der Waals surface area contributed by atoms with E-state index >= 15 is 0 Å². The van der Waals surface area contributed by atoms with E-state index in [1.165, 1.54) is 16.8 Å². The van der Waals surface area contributed by atoms with E-state index in [4.69, 9.17) is 4.74 Å². The van der Waals surface area contributed by atoms with Gasteiger partial charge >= 0.3 is 0 Å². The number of rotatable bonds is 9. The zero-order chi connectivity index (χ0) is 28.1. The van der Waals surface area contributed by atoms with Gasteiger partial charge in [0.05, 0.1) is 18.7 Å². The van der Waals surface area contributed by atoms with E-state index < -0.39 is 5.54 Å². The molecule has 2 heterocycles. The number of ether oxygens (including phenoxy) is 1. The van der Waals surface area contributed by atoms with Crippen LogP contribution in [0.4, 0.5) is 15.8 Å². The van der Waals surface area contributed by atoms with Gasteiger partial charge in [-0.2, -0.15) is 0 Å². The van der Waals surface area contributed by atoms with E-state index in [9.17, 15) is 14.0 Å². The van der Waals surface area contributed by atoms with Crippen LogP contribution in [0.5, 0.6) is 0 Å². The fourth-order valence-electron chi connectivity index (χ4n) is 4.87. The van der Waals surface area contributed by atoms with Crippen LogP contribution >= 0.6 is 0 Å². The smallest absolute Gasteiger partial charge is 0.250 e. The van der Waals surface area contributed by atoms with Crippen molar-refractivity contribution in [3.05, 3.63) is 84.2 Å². The van der Waals surface area contributed by atoms with Crippen molar-refractivity contribution in [2.24, 2.45) is 0 Å². The maximum atomic E-state index is 13.9. The summed E-state index contributed by atoms with van der Waals surface area (Å²) in [5, 5.41) is 11.3. The minimum atomic E-state index is -1.20. The molecule has 40 heavy (non-hydrogen) atoms. The van der Waals surface area contributed by atoms with Crippen LogP contribution in [0.25, 0.3) is 11.0 Å². The minimum Gasteiger partial charge on any atom is -0.378 e. The van der Waals surface area contributed by atoms with Gasteiger partial charge in [-0.05, 0) is 67.4 Å². The largest absolute Gasteiger partial charge is 0.378 e. The molecule has 10 heteroatoms. The molecule has 1 unspecified atom stereocenters. The highest BCUT2D eigenvalue weighted by atomic mass is 19.1. The van der Waals surface area contributed by atoms with Crippen LogP contribution in [0.15, 0.2) is 72.8 Å². The van der Waals surface area contributed by atoms with Crippen molar-refractivity contribution in [2.45, 2.75) is 38.9 Å². The molecule has 1 atom stereocenters. The Labute approximate surface area is 232 Å². The van der Waals surface area contributed by atoms with Gasteiger partial charge in [0.15, 0.2) is 0 Å². The summed E-state index contributed by atoms with van der Waals surface area (Å²) in [4.78, 5) is 31.5. The van der Waals surface area contributed by atoms with Gasteiger partial charge in [-0.3, -0.25) is 9.59 Å². The van der Waals surface area contributed by atoms with Crippen molar-refractivity contribution in [3.8, 4) is 0 Å². The number of para-hydroxylation sites is 1. The van der Waals surface area contributed by atoms with Crippen molar-refractivity contribution in [1.82, 2.24) is 19.9 Å². The lowest BCUT2D eigenvalue weighted by molar-refractivity contribution is -0.146. The van der Waals surface area contributed by atoms with Crippen molar-refractivity contribution < 1.29 is 18.7 Å². The molecule has 4 aromatic rings. The molecule has 1 aromatic heterocycles. The Balaban J connectivity index is 1.39. The Bertz CT molecular complexity index is 1470. The Morgan fingerprint density at radius 3 is 2.42 bits per heavy atom. The van der Waals surface area contributed by atoms with Gasteiger partial charge in [0.2, 0.25) is 11.8 Å². The number of anilines is 2. The number of benzene rings is 3. The summed E-state index contributed by atoms with van der Waals surface area (Å²) in [6.07, 6.45) is 0.357. The van der Waals surface area contributed by atoms with E-state index in [2.05, 4.69) is 20.5 Å². The second-order valence-electron chi connectivity index (χ2n) is 10.1. The molecule has 9 nitrogen and oxygen atoms in total. The van der Waals surface area contributed by atoms with Gasteiger partial charge in [-0.15, -0.1) is 5.10 Å². The number of hydrogen-bond donors (Lipinski definition) is 1.